The molecule has 0 bridgehead atoms. The van der Waals surface area contributed by atoms with Crippen LogP contribution in [0.2, 0.25) is 0 Å². The number of benzene rings is 3. The molecule has 1 aliphatic heterocycles. The number of rotatable bonds is 6. The second-order valence-electron chi connectivity index (χ2n) is 7.18. The Morgan fingerprint density at radius 1 is 1.10 bits per heavy atom. The Kier molecular flexibility index (Phi) is 5.55. The van der Waals surface area contributed by atoms with E-state index in [9.17, 15) is 4.79 Å². The van der Waals surface area contributed by atoms with E-state index in [-0.39, 0.29) is 12.3 Å². The van der Waals surface area contributed by atoms with Crippen LogP contribution in [-0.2, 0) is 4.79 Å². The maximum Gasteiger partial charge on any atom is 0.227 e. The van der Waals surface area contributed by atoms with Crippen LogP contribution in [0.5, 0.6) is 11.5 Å². The first-order valence-corrected chi connectivity index (χ1v) is 10.4. The van der Waals surface area contributed by atoms with E-state index in [1.165, 1.54) is 0 Å². The van der Waals surface area contributed by atoms with Gasteiger partial charge in [0.25, 0.3) is 0 Å². The summed E-state index contributed by atoms with van der Waals surface area (Å²) in [5.74, 6) is 1.08. The molecule has 0 fully saturated rings. The highest BCUT2D eigenvalue weighted by Crippen LogP contribution is 2.37. The first kappa shape index (κ1) is 20.1. The predicted octanol–water partition coefficient (Wildman–Crippen LogP) is 4.60. The zero-order valence-electron chi connectivity index (χ0n) is 17.1. The van der Waals surface area contributed by atoms with Crippen molar-refractivity contribution < 1.29 is 14.3 Å². The van der Waals surface area contributed by atoms with Crippen LogP contribution in [0.3, 0.4) is 0 Å². The SMILES string of the molecule is COc1ccc(OC)c(NC(=O)CC2(C)NN=C(c3cccc4ccccc34)S2)c1. The summed E-state index contributed by atoms with van der Waals surface area (Å²) in [6, 6.07) is 19.7. The Labute approximate surface area is 179 Å². The number of methoxy groups -OCH3 is 2. The number of hydrogen-bond acceptors (Lipinski definition) is 6. The van der Waals surface area contributed by atoms with Crippen molar-refractivity contribution in [2.75, 3.05) is 19.5 Å². The van der Waals surface area contributed by atoms with Crippen molar-refractivity contribution in [2.45, 2.75) is 18.2 Å². The summed E-state index contributed by atoms with van der Waals surface area (Å²) in [7, 11) is 3.15. The second-order valence-corrected chi connectivity index (χ2v) is 8.67. The fourth-order valence-corrected chi connectivity index (χ4v) is 4.54. The number of carbonyl (C=O) groups excluding carboxylic acids is 1. The van der Waals surface area contributed by atoms with Crippen molar-refractivity contribution in [1.82, 2.24) is 5.43 Å². The smallest absolute Gasteiger partial charge is 0.227 e. The molecule has 30 heavy (non-hydrogen) atoms. The Balaban J connectivity index is 1.48. The van der Waals surface area contributed by atoms with Crippen molar-refractivity contribution in [2.24, 2.45) is 5.10 Å². The van der Waals surface area contributed by atoms with Gasteiger partial charge in [-0.3, -0.25) is 10.2 Å². The molecule has 0 saturated heterocycles. The Morgan fingerprint density at radius 2 is 1.90 bits per heavy atom. The molecule has 0 saturated carbocycles. The molecule has 6 nitrogen and oxygen atoms in total. The molecule has 0 aromatic heterocycles. The lowest BCUT2D eigenvalue weighted by Crippen LogP contribution is -2.36. The van der Waals surface area contributed by atoms with E-state index in [0.29, 0.717) is 17.2 Å². The minimum atomic E-state index is -0.553. The second kappa shape index (κ2) is 8.28. The molecule has 0 radical (unpaired) electrons. The van der Waals surface area contributed by atoms with Crippen molar-refractivity contribution in [3.63, 3.8) is 0 Å². The number of thioether (sulfide) groups is 1. The summed E-state index contributed by atoms with van der Waals surface area (Å²) in [6.07, 6.45) is 0.232. The zero-order chi connectivity index (χ0) is 21.1. The third-order valence-corrected chi connectivity index (χ3v) is 6.11. The number of anilines is 1. The molecule has 3 aromatic rings. The molecule has 1 aliphatic rings. The molecule has 1 amide bonds. The molecule has 7 heteroatoms. The summed E-state index contributed by atoms with van der Waals surface area (Å²) in [5.41, 5.74) is 4.78. The van der Waals surface area contributed by atoms with Crippen LogP contribution in [-0.4, -0.2) is 30.0 Å². The number of carbonyl (C=O) groups is 1. The normalized spacial score (nSPS) is 17.9. The minimum Gasteiger partial charge on any atom is -0.497 e. The van der Waals surface area contributed by atoms with Gasteiger partial charge >= 0.3 is 0 Å². The molecule has 154 valence electrons. The van der Waals surface area contributed by atoms with Crippen molar-refractivity contribution in [1.29, 1.82) is 0 Å². The van der Waals surface area contributed by atoms with Crippen LogP contribution in [0.25, 0.3) is 10.8 Å². The van der Waals surface area contributed by atoms with Gasteiger partial charge in [0.2, 0.25) is 5.91 Å². The van der Waals surface area contributed by atoms with Gasteiger partial charge in [0, 0.05) is 11.6 Å². The summed E-state index contributed by atoms with van der Waals surface area (Å²) in [6.45, 7) is 1.97. The molecule has 1 heterocycles. The number of hydrogen-bond donors (Lipinski definition) is 2. The van der Waals surface area contributed by atoms with Crippen molar-refractivity contribution >= 4 is 39.2 Å². The van der Waals surface area contributed by atoms with E-state index < -0.39 is 4.87 Å². The topological polar surface area (TPSA) is 72.0 Å². The fourth-order valence-electron chi connectivity index (χ4n) is 3.44. The maximum absolute atomic E-state index is 12.8. The monoisotopic (exact) mass is 421 g/mol. The molecule has 0 spiro atoms. The van der Waals surface area contributed by atoms with Crippen LogP contribution in [0.4, 0.5) is 5.69 Å². The average molecular weight is 422 g/mol. The van der Waals surface area contributed by atoms with E-state index in [1.807, 2.05) is 25.1 Å². The molecular formula is C23H23N3O3S. The van der Waals surface area contributed by atoms with Gasteiger partial charge in [-0.1, -0.05) is 54.2 Å². The van der Waals surface area contributed by atoms with Crippen molar-refractivity contribution in [3.8, 4) is 11.5 Å². The Hall–Kier alpha value is -3.19. The number of hydrazone groups is 1. The Bertz CT molecular complexity index is 1130. The van der Waals surface area contributed by atoms with Crippen molar-refractivity contribution in [3.05, 3.63) is 66.2 Å². The molecule has 2 N–H and O–H groups in total. The zero-order valence-corrected chi connectivity index (χ0v) is 17.9. The van der Waals surface area contributed by atoms with E-state index >= 15 is 0 Å². The van der Waals surface area contributed by atoms with E-state index in [4.69, 9.17) is 9.47 Å². The molecule has 1 unspecified atom stereocenters. The van der Waals surface area contributed by atoms with Crippen LogP contribution < -0.4 is 20.2 Å². The fraction of sp³-hybridized carbons (Fsp3) is 0.217. The van der Waals surface area contributed by atoms with Gasteiger partial charge in [-0.05, 0) is 29.8 Å². The number of fused-ring (bicyclic) bond motifs is 1. The first-order valence-electron chi connectivity index (χ1n) is 9.55. The van der Waals surface area contributed by atoms with Crippen LogP contribution >= 0.6 is 11.8 Å². The van der Waals surface area contributed by atoms with Gasteiger partial charge in [-0.25, -0.2) is 0 Å². The lowest BCUT2D eigenvalue weighted by atomic mass is 10.1. The van der Waals surface area contributed by atoms with Gasteiger partial charge in [0.15, 0.2) is 0 Å². The lowest BCUT2D eigenvalue weighted by Gasteiger charge is -2.22. The van der Waals surface area contributed by atoms with E-state index in [0.717, 1.165) is 21.4 Å². The highest BCUT2D eigenvalue weighted by Gasteiger charge is 2.35. The average Bonchev–Trinajstić information content (AvgIpc) is 3.14. The molecular weight excluding hydrogens is 398 g/mol. The van der Waals surface area contributed by atoms with E-state index in [2.05, 4.69) is 40.1 Å². The van der Waals surface area contributed by atoms with Crippen LogP contribution in [0.1, 0.15) is 18.9 Å². The highest BCUT2D eigenvalue weighted by atomic mass is 32.2. The maximum atomic E-state index is 12.8. The van der Waals surface area contributed by atoms with Gasteiger partial charge in [0.1, 0.15) is 21.4 Å². The van der Waals surface area contributed by atoms with Gasteiger partial charge in [-0.2, -0.15) is 5.10 Å². The Morgan fingerprint density at radius 3 is 2.70 bits per heavy atom. The standard InChI is InChI=1S/C23H23N3O3S/c1-23(14-21(27)24-19-13-16(28-2)11-12-20(19)29-3)26-25-22(30-23)18-10-6-8-15-7-4-5-9-17(15)18/h4-13,26H,14H2,1-3H3,(H,24,27). The van der Waals surface area contributed by atoms with Crippen LogP contribution in [0, 0.1) is 0 Å². The number of nitrogens with one attached hydrogen (secondary N) is 2. The minimum absolute atomic E-state index is 0.140. The summed E-state index contributed by atoms with van der Waals surface area (Å²) in [5, 5.41) is 10.6. The molecule has 1 atom stereocenters. The largest absolute Gasteiger partial charge is 0.497 e. The lowest BCUT2D eigenvalue weighted by molar-refractivity contribution is -0.116. The van der Waals surface area contributed by atoms with Gasteiger partial charge in [0.05, 0.1) is 26.3 Å². The number of ether oxygens (including phenoxy) is 2. The summed E-state index contributed by atoms with van der Waals surface area (Å²) < 4.78 is 10.6. The third kappa shape index (κ3) is 4.07. The van der Waals surface area contributed by atoms with Crippen LogP contribution in [0.15, 0.2) is 65.8 Å². The summed E-state index contributed by atoms with van der Waals surface area (Å²) >= 11 is 1.56. The van der Waals surface area contributed by atoms with Gasteiger partial charge < -0.3 is 14.8 Å². The highest BCUT2D eigenvalue weighted by molar-refractivity contribution is 8.15. The third-order valence-electron chi connectivity index (χ3n) is 4.91. The molecule has 0 aliphatic carbocycles. The molecule has 3 aromatic carbocycles. The molecule has 4 rings (SSSR count). The predicted molar refractivity (Wildman–Crippen MR) is 122 cm³/mol. The van der Waals surface area contributed by atoms with Gasteiger partial charge in [-0.15, -0.1) is 0 Å². The first-order chi connectivity index (χ1) is 14.5. The van der Waals surface area contributed by atoms with E-state index in [1.54, 1.807) is 44.2 Å². The summed E-state index contributed by atoms with van der Waals surface area (Å²) in [4.78, 5) is 12.2. The number of amides is 1. The quantitative estimate of drug-likeness (QED) is 0.609. The number of nitrogens with zero attached hydrogens (tertiary/aromatic N) is 1.